The minimum atomic E-state index is -0.592. The molecule has 0 atom stereocenters. The summed E-state index contributed by atoms with van der Waals surface area (Å²) in [6, 6.07) is 3.18. The third kappa shape index (κ3) is 4.90. The first-order valence-corrected chi connectivity index (χ1v) is 7.10. The van der Waals surface area contributed by atoms with Crippen molar-refractivity contribution in [3.05, 3.63) is 29.0 Å². The van der Waals surface area contributed by atoms with Gasteiger partial charge in [-0.2, -0.15) is 0 Å². The van der Waals surface area contributed by atoms with Gasteiger partial charge in [-0.3, -0.25) is 10.1 Å². The molecular formula is C14H16ClFN2O3. The minimum absolute atomic E-state index is 0.0678. The molecule has 114 valence electrons. The summed E-state index contributed by atoms with van der Waals surface area (Å²) in [6.07, 6.45) is 4.04. The molecule has 0 aliphatic heterocycles. The molecule has 5 nitrogen and oxygen atoms in total. The highest BCUT2D eigenvalue weighted by atomic mass is 35.5. The van der Waals surface area contributed by atoms with E-state index in [1.807, 2.05) is 0 Å². The molecule has 1 fully saturated rings. The molecule has 1 aliphatic carbocycles. The second-order valence-corrected chi connectivity index (χ2v) is 5.27. The normalized spacial score (nSPS) is 14.8. The van der Waals surface area contributed by atoms with Gasteiger partial charge in [-0.1, -0.05) is 24.4 Å². The van der Waals surface area contributed by atoms with Crippen molar-refractivity contribution in [2.45, 2.75) is 31.7 Å². The Morgan fingerprint density at radius 1 is 1.33 bits per heavy atom. The van der Waals surface area contributed by atoms with Crippen LogP contribution in [-0.4, -0.2) is 24.6 Å². The first kappa shape index (κ1) is 15.6. The Labute approximate surface area is 126 Å². The number of ether oxygens (including phenoxy) is 1. The van der Waals surface area contributed by atoms with Gasteiger partial charge in [0.2, 0.25) is 0 Å². The zero-order valence-electron chi connectivity index (χ0n) is 11.3. The van der Waals surface area contributed by atoms with Crippen molar-refractivity contribution in [2.24, 2.45) is 0 Å². The average molecular weight is 315 g/mol. The largest absolute Gasteiger partial charge is 0.482 e. The Hall–Kier alpha value is -1.82. The van der Waals surface area contributed by atoms with Crippen molar-refractivity contribution in [3.63, 3.8) is 0 Å². The summed E-state index contributed by atoms with van der Waals surface area (Å²) in [4.78, 5) is 23.1. The molecule has 2 N–H and O–H groups in total. The van der Waals surface area contributed by atoms with E-state index in [4.69, 9.17) is 16.3 Å². The molecular weight excluding hydrogens is 299 g/mol. The van der Waals surface area contributed by atoms with Crippen molar-refractivity contribution >= 4 is 23.5 Å². The Morgan fingerprint density at radius 2 is 2.05 bits per heavy atom. The maximum atomic E-state index is 12.8. The monoisotopic (exact) mass is 314 g/mol. The van der Waals surface area contributed by atoms with Crippen molar-refractivity contribution in [3.8, 4) is 5.75 Å². The van der Waals surface area contributed by atoms with Crippen LogP contribution >= 0.6 is 11.6 Å². The fourth-order valence-electron chi connectivity index (χ4n) is 2.19. The molecule has 1 aromatic carbocycles. The zero-order chi connectivity index (χ0) is 15.2. The van der Waals surface area contributed by atoms with E-state index in [-0.39, 0.29) is 23.4 Å². The van der Waals surface area contributed by atoms with Crippen LogP contribution in [0, 0.1) is 5.82 Å². The lowest BCUT2D eigenvalue weighted by molar-refractivity contribution is -0.122. The highest BCUT2D eigenvalue weighted by Crippen LogP contribution is 2.24. The zero-order valence-corrected chi connectivity index (χ0v) is 12.1. The van der Waals surface area contributed by atoms with E-state index in [0.29, 0.717) is 0 Å². The lowest BCUT2D eigenvalue weighted by Gasteiger charge is -2.12. The van der Waals surface area contributed by atoms with Crippen LogP contribution in [0.4, 0.5) is 9.18 Å². The van der Waals surface area contributed by atoms with Crippen LogP contribution in [0.1, 0.15) is 25.7 Å². The second-order valence-electron chi connectivity index (χ2n) is 4.87. The van der Waals surface area contributed by atoms with Crippen molar-refractivity contribution in [1.29, 1.82) is 0 Å². The van der Waals surface area contributed by atoms with E-state index in [0.717, 1.165) is 31.7 Å². The third-order valence-electron chi connectivity index (χ3n) is 3.20. The molecule has 1 aromatic rings. The number of halogens is 2. The molecule has 0 radical (unpaired) electrons. The van der Waals surface area contributed by atoms with Crippen LogP contribution in [0.5, 0.6) is 5.75 Å². The van der Waals surface area contributed by atoms with Gasteiger partial charge in [0.25, 0.3) is 5.91 Å². The minimum Gasteiger partial charge on any atom is -0.482 e. The lowest BCUT2D eigenvalue weighted by atomic mass is 10.2. The summed E-state index contributed by atoms with van der Waals surface area (Å²) < 4.78 is 18.0. The Bertz CT molecular complexity index is 533. The van der Waals surface area contributed by atoms with Gasteiger partial charge in [0, 0.05) is 6.04 Å². The Morgan fingerprint density at radius 3 is 2.71 bits per heavy atom. The quantitative estimate of drug-likeness (QED) is 0.897. The van der Waals surface area contributed by atoms with Crippen LogP contribution in [0.25, 0.3) is 0 Å². The molecule has 2 rings (SSSR count). The summed E-state index contributed by atoms with van der Waals surface area (Å²) in [5.41, 5.74) is 0. The number of hydrogen-bond acceptors (Lipinski definition) is 3. The summed E-state index contributed by atoms with van der Waals surface area (Å²) in [5.74, 6) is -0.900. The smallest absolute Gasteiger partial charge is 0.321 e. The average Bonchev–Trinajstić information content (AvgIpc) is 2.90. The number of imide groups is 1. The van der Waals surface area contributed by atoms with Crippen LogP contribution < -0.4 is 15.4 Å². The number of hydrogen-bond donors (Lipinski definition) is 2. The molecule has 3 amide bonds. The van der Waals surface area contributed by atoms with Crippen LogP contribution in [-0.2, 0) is 4.79 Å². The summed E-state index contributed by atoms with van der Waals surface area (Å²) in [6.45, 7) is -0.372. The van der Waals surface area contributed by atoms with E-state index < -0.39 is 17.8 Å². The van der Waals surface area contributed by atoms with Crippen LogP contribution in [0.15, 0.2) is 18.2 Å². The molecule has 0 bridgehead atoms. The number of amides is 3. The maximum absolute atomic E-state index is 12.8. The van der Waals surface area contributed by atoms with Gasteiger partial charge in [0.15, 0.2) is 6.61 Å². The van der Waals surface area contributed by atoms with Gasteiger partial charge in [-0.15, -0.1) is 0 Å². The lowest BCUT2D eigenvalue weighted by Crippen LogP contribution is -2.45. The van der Waals surface area contributed by atoms with Gasteiger partial charge in [-0.25, -0.2) is 9.18 Å². The maximum Gasteiger partial charge on any atom is 0.321 e. The van der Waals surface area contributed by atoms with E-state index >= 15 is 0 Å². The van der Waals surface area contributed by atoms with E-state index in [1.165, 1.54) is 12.1 Å². The SMILES string of the molecule is O=C(COc1ccc(F)cc1Cl)NC(=O)NC1CCCC1. The number of carbonyl (C=O) groups is 2. The van der Waals surface area contributed by atoms with E-state index in [1.54, 1.807) is 0 Å². The van der Waals surface area contributed by atoms with E-state index in [2.05, 4.69) is 10.6 Å². The molecule has 0 saturated heterocycles. The predicted molar refractivity (Wildman–Crippen MR) is 75.8 cm³/mol. The Balaban J connectivity index is 1.75. The second kappa shape index (κ2) is 7.26. The van der Waals surface area contributed by atoms with Gasteiger partial charge in [0.1, 0.15) is 11.6 Å². The molecule has 0 heterocycles. The summed E-state index contributed by atoms with van der Waals surface area (Å²) >= 11 is 5.76. The highest BCUT2D eigenvalue weighted by Gasteiger charge is 2.18. The van der Waals surface area contributed by atoms with Crippen LogP contribution in [0.2, 0.25) is 5.02 Å². The number of benzene rings is 1. The summed E-state index contributed by atoms with van der Waals surface area (Å²) in [7, 11) is 0. The predicted octanol–water partition coefficient (Wildman–Crippen LogP) is 2.63. The van der Waals surface area contributed by atoms with Gasteiger partial charge >= 0.3 is 6.03 Å². The van der Waals surface area contributed by atoms with Crippen molar-refractivity contribution < 1.29 is 18.7 Å². The first-order valence-electron chi connectivity index (χ1n) is 6.73. The summed E-state index contributed by atoms with van der Waals surface area (Å²) in [5, 5.41) is 4.97. The topological polar surface area (TPSA) is 67.4 Å². The molecule has 7 heteroatoms. The number of carbonyl (C=O) groups excluding carboxylic acids is 2. The molecule has 0 spiro atoms. The molecule has 0 unspecified atom stereocenters. The van der Waals surface area contributed by atoms with Crippen molar-refractivity contribution in [2.75, 3.05) is 6.61 Å². The Kier molecular flexibility index (Phi) is 5.38. The van der Waals surface area contributed by atoms with Crippen molar-refractivity contribution in [1.82, 2.24) is 10.6 Å². The first-order chi connectivity index (χ1) is 10.0. The fraction of sp³-hybridized carbons (Fsp3) is 0.429. The molecule has 0 aromatic heterocycles. The standard InChI is InChI=1S/C14H16ClFN2O3/c15-11-7-9(16)5-6-12(11)21-8-13(19)18-14(20)17-10-3-1-2-4-10/h5-7,10H,1-4,8H2,(H2,17,18,19,20). The van der Waals surface area contributed by atoms with Gasteiger partial charge < -0.3 is 10.1 Å². The third-order valence-corrected chi connectivity index (χ3v) is 3.49. The molecule has 1 aliphatic rings. The number of nitrogens with one attached hydrogen (secondary N) is 2. The van der Waals surface area contributed by atoms with Crippen LogP contribution in [0.3, 0.4) is 0 Å². The van der Waals surface area contributed by atoms with Gasteiger partial charge in [-0.05, 0) is 31.0 Å². The molecule has 1 saturated carbocycles. The highest BCUT2D eigenvalue weighted by molar-refractivity contribution is 6.32. The van der Waals surface area contributed by atoms with E-state index in [9.17, 15) is 14.0 Å². The van der Waals surface area contributed by atoms with Gasteiger partial charge in [0.05, 0.1) is 5.02 Å². The fourth-order valence-corrected chi connectivity index (χ4v) is 2.41. The number of rotatable bonds is 4. The molecule has 21 heavy (non-hydrogen) atoms. The number of urea groups is 1.